The van der Waals surface area contributed by atoms with Gasteiger partial charge in [-0.15, -0.1) is 0 Å². The van der Waals surface area contributed by atoms with Crippen LogP contribution in [0.25, 0.3) is 10.9 Å². The predicted molar refractivity (Wildman–Crippen MR) is 154 cm³/mol. The number of rotatable bonds is 8. The molecule has 1 fully saturated rings. The second kappa shape index (κ2) is 11.7. The third-order valence-corrected chi connectivity index (χ3v) is 7.17. The molecule has 0 spiro atoms. The van der Waals surface area contributed by atoms with Crippen LogP contribution in [0.15, 0.2) is 72.9 Å². The molecule has 0 aliphatic carbocycles. The minimum atomic E-state index is -0.307. The Morgan fingerprint density at radius 1 is 0.895 bits per heavy atom. The highest BCUT2D eigenvalue weighted by atomic mass is 35.5. The number of carbonyl (C=O) groups excluding carboxylic acids is 2. The monoisotopic (exact) mass is 529 g/mol. The SMILES string of the molecule is CCn1cc(NC(=O)NCc2ccc(Cl)cc2)c2cc(NC(=O)c3ccc(CN4CCCC4)cc3)ccc21. The minimum Gasteiger partial charge on any atom is -0.346 e. The lowest BCUT2D eigenvalue weighted by Gasteiger charge is -2.14. The number of carbonyl (C=O) groups is 2. The summed E-state index contributed by atoms with van der Waals surface area (Å²) in [5.41, 5.74) is 5.11. The van der Waals surface area contributed by atoms with Gasteiger partial charge >= 0.3 is 6.03 Å². The van der Waals surface area contributed by atoms with Crippen LogP contribution in [-0.4, -0.2) is 34.5 Å². The van der Waals surface area contributed by atoms with Crippen LogP contribution in [-0.2, 0) is 19.6 Å². The Bertz CT molecular complexity index is 1420. The Labute approximate surface area is 227 Å². The number of fused-ring (bicyclic) bond motifs is 1. The molecule has 1 aliphatic rings. The molecule has 4 aromatic rings. The van der Waals surface area contributed by atoms with E-state index in [1.54, 1.807) is 12.1 Å². The Kier molecular flexibility index (Phi) is 7.96. The first-order chi connectivity index (χ1) is 18.5. The van der Waals surface area contributed by atoms with Gasteiger partial charge in [0.2, 0.25) is 0 Å². The summed E-state index contributed by atoms with van der Waals surface area (Å²) in [5.74, 6) is -0.165. The van der Waals surface area contributed by atoms with E-state index < -0.39 is 0 Å². The quantitative estimate of drug-likeness (QED) is 0.244. The fourth-order valence-corrected chi connectivity index (χ4v) is 4.98. The summed E-state index contributed by atoms with van der Waals surface area (Å²) in [6.07, 6.45) is 4.44. The van der Waals surface area contributed by atoms with Gasteiger partial charge < -0.3 is 20.5 Å². The number of hydrogen-bond acceptors (Lipinski definition) is 3. The number of benzene rings is 3. The zero-order valence-electron chi connectivity index (χ0n) is 21.5. The molecule has 3 N–H and O–H groups in total. The maximum Gasteiger partial charge on any atom is 0.319 e. The summed E-state index contributed by atoms with van der Waals surface area (Å²) >= 11 is 5.94. The number of aromatic nitrogens is 1. The van der Waals surface area contributed by atoms with Gasteiger partial charge in [-0.25, -0.2) is 4.79 Å². The van der Waals surface area contributed by atoms with Crippen LogP contribution in [0.2, 0.25) is 5.02 Å². The van der Waals surface area contributed by atoms with Crippen molar-refractivity contribution in [3.63, 3.8) is 0 Å². The summed E-state index contributed by atoms with van der Waals surface area (Å²) in [6.45, 7) is 6.40. The van der Waals surface area contributed by atoms with Crippen LogP contribution in [0.5, 0.6) is 0 Å². The van der Waals surface area contributed by atoms with Crippen molar-refractivity contribution in [1.82, 2.24) is 14.8 Å². The van der Waals surface area contributed by atoms with E-state index in [-0.39, 0.29) is 11.9 Å². The standard InChI is InChI=1S/C30H32ClN5O2/c1-2-36-20-27(34-30(38)32-18-21-7-11-24(31)12-8-21)26-17-25(13-14-28(26)36)33-29(37)23-9-5-22(6-10-23)19-35-15-3-4-16-35/h5-14,17,20H,2-4,15-16,18-19H2,1H3,(H,33,37)(H2,32,34,38). The third kappa shape index (κ3) is 6.18. The molecule has 0 bridgehead atoms. The molecule has 5 rings (SSSR count). The van der Waals surface area contributed by atoms with E-state index in [4.69, 9.17) is 11.6 Å². The van der Waals surface area contributed by atoms with Crippen LogP contribution in [0.3, 0.4) is 0 Å². The summed E-state index contributed by atoms with van der Waals surface area (Å²) < 4.78 is 2.06. The average Bonchev–Trinajstić information content (AvgIpc) is 3.56. The maximum atomic E-state index is 13.0. The first-order valence-electron chi connectivity index (χ1n) is 13.0. The van der Waals surface area contributed by atoms with Crippen LogP contribution in [0, 0.1) is 0 Å². The van der Waals surface area contributed by atoms with Crippen molar-refractivity contribution in [3.05, 3.63) is 94.6 Å². The second-order valence-electron chi connectivity index (χ2n) is 9.63. The smallest absolute Gasteiger partial charge is 0.319 e. The van der Waals surface area contributed by atoms with E-state index in [0.29, 0.717) is 28.5 Å². The molecule has 8 heteroatoms. The van der Waals surface area contributed by atoms with Crippen LogP contribution in [0.1, 0.15) is 41.3 Å². The number of nitrogens with zero attached hydrogens (tertiary/aromatic N) is 2. The summed E-state index contributed by atoms with van der Waals surface area (Å²) in [5, 5.41) is 10.3. The van der Waals surface area contributed by atoms with Crippen molar-refractivity contribution < 1.29 is 9.59 Å². The molecule has 0 radical (unpaired) electrons. The highest BCUT2D eigenvalue weighted by Crippen LogP contribution is 2.29. The number of amides is 3. The Morgan fingerprint density at radius 2 is 1.61 bits per heavy atom. The molecule has 1 aliphatic heterocycles. The van der Waals surface area contributed by atoms with E-state index in [1.165, 1.54) is 18.4 Å². The molecule has 3 amide bonds. The normalized spacial score (nSPS) is 13.5. The number of halogens is 1. The topological polar surface area (TPSA) is 78.4 Å². The van der Waals surface area contributed by atoms with Gasteiger partial charge in [0.1, 0.15) is 0 Å². The van der Waals surface area contributed by atoms with Gasteiger partial charge in [0, 0.05) is 47.5 Å². The lowest BCUT2D eigenvalue weighted by molar-refractivity contribution is 0.102. The molecular weight excluding hydrogens is 498 g/mol. The van der Waals surface area contributed by atoms with E-state index >= 15 is 0 Å². The molecule has 1 aromatic heterocycles. The van der Waals surface area contributed by atoms with Gasteiger partial charge in [-0.1, -0.05) is 35.9 Å². The van der Waals surface area contributed by atoms with E-state index in [9.17, 15) is 9.59 Å². The highest BCUT2D eigenvalue weighted by Gasteiger charge is 2.14. The molecular formula is C30H32ClN5O2. The number of nitrogens with one attached hydrogen (secondary N) is 3. The lowest BCUT2D eigenvalue weighted by Crippen LogP contribution is -2.28. The molecule has 0 atom stereocenters. The van der Waals surface area contributed by atoms with E-state index in [0.717, 1.165) is 42.6 Å². The largest absolute Gasteiger partial charge is 0.346 e. The molecule has 0 unspecified atom stereocenters. The highest BCUT2D eigenvalue weighted by molar-refractivity contribution is 6.30. The molecule has 0 saturated carbocycles. The van der Waals surface area contributed by atoms with Gasteiger partial charge in [0.15, 0.2) is 0 Å². The number of aryl methyl sites for hydroxylation is 1. The van der Waals surface area contributed by atoms with E-state index in [2.05, 4.69) is 25.4 Å². The number of hydrogen-bond donors (Lipinski definition) is 3. The Balaban J connectivity index is 1.26. The van der Waals surface area contributed by atoms with Crippen molar-refractivity contribution in [3.8, 4) is 0 Å². The first kappa shape index (κ1) is 25.8. The lowest BCUT2D eigenvalue weighted by atomic mass is 10.1. The summed E-state index contributed by atoms with van der Waals surface area (Å²) in [6, 6.07) is 20.6. The zero-order valence-corrected chi connectivity index (χ0v) is 22.2. The molecule has 3 aromatic carbocycles. The molecule has 2 heterocycles. The minimum absolute atomic E-state index is 0.165. The van der Waals surface area contributed by atoms with Crippen molar-refractivity contribution in [2.45, 2.75) is 39.4 Å². The molecule has 38 heavy (non-hydrogen) atoms. The summed E-state index contributed by atoms with van der Waals surface area (Å²) in [7, 11) is 0. The molecule has 1 saturated heterocycles. The van der Waals surface area contributed by atoms with Crippen LogP contribution < -0.4 is 16.0 Å². The van der Waals surface area contributed by atoms with Crippen LogP contribution >= 0.6 is 11.6 Å². The van der Waals surface area contributed by atoms with Crippen molar-refractivity contribution in [2.75, 3.05) is 23.7 Å². The maximum absolute atomic E-state index is 13.0. The van der Waals surface area contributed by atoms with Gasteiger partial charge in [0.05, 0.1) is 11.2 Å². The second-order valence-corrected chi connectivity index (χ2v) is 10.1. The van der Waals surface area contributed by atoms with Crippen molar-refractivity contribution >= 4 is 45.8 Å². The fraction of sp³-hybridized carbons (Fsp3) is 0.267. The Morgan fingerprint density at radius 3 is 2.32 bits per heavy atom. The molecule has 7 nitrogen and oxygen atoms in total. The van der Waals surface area contributed by atoms with Gasteiger partial charge in [-0.2, -0.15) is 0 Å². The third-order valence-electron chi connectivity index (χ3n) is 6.92. The number of likely N-dealkylation sites (tertiary alicyclic amines) is 1. The van der Waals surface area contributed by atoms with Gasteiger partial charge in [0.25, 0.3) is 5.91 Å². The van der Waals surface area contributed by atoms with Crippen LogP contribution in [0.4, 0.5) is 16.2 Å². The predicted octanol–water partition coefficient (Wildman–Crippen LogP) is 6.48. The van der Waals surface area contributed by atoms with Crippen molar-refractivity contribution in [2.24, 2.45) is 0 Å². The van der Waals surface area contributed by atoms with Gasteiger partial charge in [-0.3, -0.25) is 9.69 Å². The Hall–Kier alpha value is -3.81. The number of anilines is 2. The fourth-order valence-electron chi connectivity index (χ4n) is 4.85. The number of urea groups is 1. The van der Waals surface area contributed by atoms with Gasteiger partial charge in [-0.05, 0) is 86.4 Å². The molecule has 196 valence electrons. The first-order valence-corrected chi connectivity index (χ1v) is 13.4. The average molecular weight is 530 g/mol. The summed E-state index contributed by atoms with van der Waals surface area (Å²) in [4.78, 5) is 28.0. The zero-order chi connectivity index (χ0) is 26.5. The van der Waals surface area contributed by atoms with Crippen molar-refractivity contribution in [1.29, 1.82) is 0 Å². The van der Waals surface area contributed by atoms with E-state index in [1.807, 2.05) is 67.7 Å².